The SMILES string of the molecule is CCOc1ccc(F)cc1C1(O)CC2CCCC(C1)S2. The van der Waals surface area contributed by atoms with Crippen molar-refractivity contribution in [2.24, 2.45) is 0 Å². The van der Waals surface area contributed by atoms with Gasteiger partial charge in [0.05, 0.1) is 12.2 Å². The number of aliphatic hydroxyl groups is 1. The van der Waals surface area contributed by atoms with Gasteiger partial charge in [-0.25, -0.2) is 4.39 Å². The Morgan fingerprint density at radius 3 is 2.70 bits per heavy atom. The molecule has 2 aliphatic heterocycles. The normalized spacial score (nSPS) is 33.0. The van der Waals surface area contributed by atoms with Gasteiger partial charge in [0, 0.05) is 16.1 Å². The summed E-state index contributed by atoms with van der Waals surface area (Å²) in [7, 11) is 0. The van der Waals surface area contributed by atoms with E-state index in [0.717, 1.165) is 12.8 Å². The minimum atomic E-state index is -0.937. The molecule has 2 bridgehead atoms. The van der Waals surface area contributed by atoms with E-state index < -0.39 is 5.60 Å². The molecule has 2 unspecified atom stereocenters. The van der Waals surface area contributed by atoms with E-state index in [1.165, 1.54) is 18.6 Å². The molecule has 0 saturated carbocycles. The number of fused-ring (bicyclic) bond motifs is 2. The van der Waals surface area contributed by atoms with Crippen LogP contribution < -0.4 is 4.74 Å². The number of ether oxygens (including phenoxy) is 1. The molecule has 0 aliphatic carbocycles. The maximum Gasteiger partial charge on any atom is 0.125 e. The molecular weight excluding hydrogens is 275 g/mol. The first-order chi connectivity index (χ1) is 9.60. The fourth-order valence-corrected chi connectivity index (χ4v) is 5.38. The molecule has 1 aromatic rings. The summed E-state index contributed by atoms with van der Waals surface area (Å²) < 4.78 is 19.2. The number of thioether (sulfide) groups is 1. The molecule has 2 nitrogen and oxygen atoms in total. The summed E-state index contributed by atoms with van der Waals surface area (Å²) in [5.41, 5.74) is -0.301. The minimum absolute atomic E-state index is 0.305. The van der Waals surface area contributed by atoms with Crippen LogP contribution in [-0.2, 0) is 5.60 Å². The van der Waals surface area contributed by atoms with Gasteiger partial charge in [0.25, 0.3) is 0 Å². The van der Waals surface area contributed by atoms with Crippen molar-refractivity contribution >= 4 is 11.8 Å². The lowest BCUT2D eigenvalue weighted by molar-refractivity contribution is 0.00543. The van der Waals surface area contributed by atoms with Crippen molar-refractivity contribution in [2.45, 2.75) is 55.1 Å². The van der Waals surface area contributed by atoms with Crippen molar-refractivity contribution in [1.29, 1.82) is 0 Å². The summed E-state index contributed by atoms with van der Waals surface area (Å²) in [6.07, 6.45) is 4.97. The van der Waals surface area contributed by atoms with Crippen LogP contribution >= 0.6 is 11.8 Å². The van der Waals surface area contributed by atoms with Gasteiger partial charge in [0.2, 0.25) is 0 Å². The molecular formula is C16H21FO2S. The van der Waals surface area contributed by atoms with Gasteiger partial charge >= 0.3 is 0 Å². The van der Waals surface area contributed by atoms with Crippen LogP contribution in [0.3, 0.4) is 0 Å². The smallest absolute Gasteiger partial charge is 0.125 e. The fraction of sp³-hybridized carbons (Fsp3) is 0.625. The van der Waals surface area contributed by atoms with E-state index >= 15 is 0 Å². The Bertz CT molecular complexity index is 479. The summed E-state index contributed by atoms with van der Waals surface area (Å²) in [5.74, 6) is 0.321. The molecule has 2 fully saturated rings. The zero-order chi connectivity index (χ0) is 14.2. The number of hydrogen-bond acceptors (Lipinski definition) is 3. The summed E-state index contributed by atoms with van der Waals surface area (Å²) in [6, 6.07) is 4.50. The summed E-state index contributed by atoms with van der Waals surface area (Å²) >= 11 is 2.00. The molecule has 1 aromatic carbocycles. The third-order valence-electron chi connectivity index (χ3n) is 4.31. The number of rotatable bonds is 3. The summed E-state index contributed by atoms with van der Waals surface area (Å²) in [5, 5.41) is 12.1. The predicted molar refractivity (Wildman–Crippen MR) is 79.7 cm³/mol. The number of halogens is 1. The maximum absolute atomic E-state index is 13.6. The molecule has 3 rings (SSSR count). The van der Waals surface area contributed by atoms with Crippen LogP contribution in [0.15, 0.2) is 18.2 Å². The van der Waals surface area contributed by atoms with Crippen LogP contribution in [0.5, 0.6) is 5.75 Å². The third-order valence-corrected chi connectivity index (χ3v) is 5.89. The molecule has 2 saturated heterocycles. The van der Waals surface area contributed by atoms with Gasteiger partial charge in [-0.2, -0.15) is 11.8 Å². The van der Waals surface area contributed by atoms with Crippen molar-refractivity contribution in [3.05, 3.63) is 29.6 Å². The van der Waals surface area contributed by atoms with Crippen LogP contribution in [0.1, 0.15) is 44.6 Å². The number of hydrogen-bond donors (Lipinski definition) is 1. The molecule has 110 valence electrons. The lowest BCUT2D eigenvalue weighted by Gasteiger charge is -2.44. The topological polar surface area (TPSA) is 29.5 Å². The zero-order valence-corrected chi connectivity index (χ0v) is 12.6. The highest BCUT2D eigenvalue weighted by molar-refractivity contribution is 8.00. The molecule has 0 radical (unpaired) electrons. The van der Waals surface area contributed by atoms with Crippen LogP contribution in [0.25, 0.3) is 0 Å². The molecule has 0 spiro atoms. The maximum atomic E-state index is 13.6. The highest BCUT2D eigenvalue weighted by Crippen LogP contribution is 2.51. The van der Waals surface area contributed by atoms with E-state index in [1.807, 2.05) is 18.7 Å². The van der Waals surface area contributed by atoms with Gasteiger partial charge in [-0.05, 0) is 50.8 Å². The zero-order valence-electron chi connectivity index (χ0n) is 11.8. The van der Waals surface area contributed by atoms with Crippen LogP contribution in [0.4, 0.5) is 4.39 Å². The Kier molecular flexibility index (Phi) is 3.95. The molecule has 4 heteroatoms. The summed E-state index contributed by atoms with van der Waals surface area (Å²) in [4.78, 5) is 0. The van der Waals surface area contributed by atoms with E-state index in [4.69, 9.17) is 4.74 Å². The van der Waals surface area contributed by atoms with Crippen LogP contribution in [-0.4, -0.2) is 22.2 Å². The minimum Gasteiger partial charge on any atom is -0.493 e. The highest BCUT2D eigenvalue weighted by atomic mass is 32.2. The molecule has 2 heterocycles. The Balaban J connectivity index is 1.96. The second-order valence-electron chi connectivity index (χ2n) is 5.82. The quantitative estimate of drug-likeness (QED) is 0.918. The Labute approximate surface area is 123 Å². The van der Waals surface area contributed by atoms with Crippen molar-refractivity contribution < 1.29 is 14.2 Å². The van der Waals surface area contributed by atoms with Crippen molar-refractivity contribution in [2.75, 3.05) is 6.61 Å². The lowest BCUT2D eigenvalue weighted by atomic mass is 9.80. The fourth-order valence-electron chi connectivity index (χ4n) is 3.49. The second kappa shape index (κ2) is 5.57. The van der Waals surface area contributed by atoms with E-state index in [1.54, 1.807) is 6.07 Å². The third kappa shape index (κ3) is 2.68. The van der Waals surface area contributed by atoms with Gasteiger partial charge < -0.3 is 9.84 Å². The van der Waals surface area contributed by atoms with Gasteiger partial charge in [-0.15, -0.1) is 0 Å². The van der Waals surface area contributed by atoms with Crippen molar-refractivity contribution in [3.63, 3.8) is 0 Å². The first-order valence-electron chi connectivity index (χ1n) is 7.41. The molecule has 1 N–H and O–H groups in total. The molecule has 0 amide bonds. The Hall–Kier alpha value is -0.740. The summed E-state index contributed by atoms with van der Waals surface area (Å²) in [6.45, 7) is 2.43. The molecule has 2 aliphatic rings. The first kappa shape index (κ1) is 14.2. The van der Waals surface area contributed by atoms with E-state index in [0.29, 0.717) is 41.3 Å². The average molecular weight is 296 g/mol. The van der Waals surface area contributed by atoms with Crippen LogP contribution in [0.2, 0.25) is 0 Å². The Morgan fingerprint density at radius 1 is 1.35 bits per heavy atom. The van der Waals surface area contributed by atoms with E-state index in [-0.39, 0.29) is 5.82 Å². The monoisotopic (exact) mass is 296 g/mol. The molecule has 20 heavy (non-hydrogen) atoms. The van der Waals surface area contributed by atoms with E-state index in [2.05, 4.69) is 0 Å². The second-order valence-corrected chi connectivity index (χ2v) is 7.43. The number of benzene rings is 1. The highest BCUT2D eigenvalue weighted by Gasteiger charge is 2.44. The average Bonchev–Trinajstić information content (AvgIpc) is 2.40. The van der Waals surface area contributed by atoms with Gasteiger partial charge in [-0.3, -0.25) is 0 Å². The van der Waals surface area contributed by atoms with Gasteiger partial charge in [-0.1, -0.05) is 6.42 Å². The lowest BCUT2D eigenvalue weighted by Crippen LogP contribution is -2.40. The molecule has 2 atom stereocenters. The molecule has 0 aromatic heterocycles. The Morgan fingerprint density at radius 2 is 2.05 bits per heavy atom. The van der Waals surface area contributed by atoms with E-state index in [9.17, 15) is 9.50 Å². The van der Waals surface area contributed by atoms with Gasteiger partial charge in [0.1, 0.15) is 11.6 Å². The largest absolute Gasteiger partial charge is 0.493 e. The first-order valence-corrected chi connectivity index (χ1v) is 8.35. The van der Waals surface area contributed by atoms with Crippen molar-refractivity contribution in [1.82, 2.24) is 0 Å². The predicted octanol–water partition coefficient (Wildman–Crippen LogP) is 3.86. The van der Waals surface area contributed by atoms with Gasteiger partial charge in [0.15, 0.2) is 0 Å². The van der Waals surface area contributed by atoms with Crippen molar-refractivity contribution in [3.8, 4) is 5.75 Å². The van der Waals surface area contributed by atoms with Crippen LogP contribution in [0, 0.1) is 5.82 Å². The standard InChI is InChI=1S/C16H21FO2S/c1-2-19-15-7-6-11(17)8-14(15)16(18)9-12-4-3-5-13(10-16)20-12/h6-8,12-13,18H,2-5,9-10H2,1H3.